The maximum absolute atomic E-state index is 12.7. The predicted molar refractivity (Wildman–Crippen MR) is 109 cm³/mol. The van der Waals surface area contributed by atoms with Gasteiger partial charge in [-0.2, -0.15) is 0 Å². The molecule has 8 heteroatoms. The maximum Gasteiger partial charge on any atom is 0.278 e. The number of hydrogen-bond acceptors (Lipinski definition) is 4. The molecule has 4 rings (SSSR count). The first-order chi connectivity index (χ1) is 13.6. The van der Waals surface area contributed by atoms with Crippen molar-refractivity contribution in [2.75, 3.05) is 5.32 Å². The molecule has 0 spiro atoms. The fraction of sp³-hybridized carbons (Fsp3) is 0. The zero-order chi connectivity index (χ0) is 19.5. The summed E-state index contributed by atoms with van der Waals surface area (Å²) in [7, 11) is 0. The Morgan fingerprint density at radius 3 is 2.36 bits per heavy atom. The Balaban J connectivity index is 1.79. The highest BCUT2D eigenvalue weighted by Crippen LogP contribution is 2.29. The van der Waals surface area contributed by atoms with Crippen LogP contribution >= 0.6 is 23.2 Å². The summed E-state index contributed by atoms with van der Waals surface area (Å²) in [6.07, 6.45) is 4.73. The van der Waals surface area contributed by atoms with Crippen LogP contribution in [0.4, 0.5) is 5.95 Å². The van der Waals surface area contributed by atoms with E-state index >= 15 is 0 Å². The molecule has 4 aromatic rings. The first-order valence-corrected chi connectivity index (χ1v) is 9.06. The van der Waals surface area contributed by atoms with Crippen LogP contribution in [0.3, 0.4) is 0 Å². The van der Waals surface area contributed by atoms with Crippen LogP contribution in [0.5, 0.6) is 0 Å². The number of amides is 1. The van der Waals surface area contributed by atoms with Gasteiger partial charge in [0.15, 0.2) is 0 Å². The Morgan fingerprint density at radius 1 is 0.929 bits per heavy atom. The molecule has 138 valence electrons. The van der Waals surface area contributed by atoms with Gasteiger partial charge in [0.25, 0.3) is 5.91 Å². The van der Waals surface area contributed by atoms with Crippen molar-refractivity contribution >= 4 is 35.1 Å². The van der Waals surface area contributed by atoms with E-state index in [4.69, 9.17) is 23.2 Å². The highest BCUT2D eigenvalue weighted by molar-refractivity contribution is 6.33. The van der Waals surface area contributed by atoms with Crippen LogP contribution in [0.1, 0.15) is 10.5 Å². The van der Waals surface area contributed by atoms with Gasteiger partial charge < -0.3 is 0 Å². The van der Waals surface area contributed by atoms with Crippen molar-refractivity contribution in [1.82, 2.24) is 19.5 Å². The van der Waals surface area contributed by atoms with Gasteiger partial charge >= 0.3 is 0 Å². The number of hydrogen-bond donors (Lipinski definition) is 1. The van der Waals surface area contributed by atoms with Crippen molar-refractivity contribution in [1.29, 1.82) is 0 Å². The largest absolute Gasteiger partial charge is 0.299 e. The predicted octanol–water partition coefficient (Wildman–Crippen LogP) is 4.89. The average molecular weight is 410 g/mol. The second-order valence-electron chi connectivity index (χ2n) is 5.80. The molecule has 1 amide bonds. The summed E-state index contributed by atoms with van der Waals surface area (Å²) in [6.45, 7) is 0. The molecule has 0 bridgehead atoms. The molecule has 0 atom stereocenters. The Morgan fingerprint density at radius 2 is 1.64 bits per heavy atom. The third kappa shape index (κ3) is 3.74. The number of nitrogens with zero attached hydrogens (tertiary/aromatic N) is 4. The summed E-state index contributed by atoms with van der Waals surface area (Å²) >= 11 is 12.4. The minimum atomic E-state index is -0.424. The molecule has 0 saturated carbocycles. The number of carbonyl (C=O) groups is 1. The van der Waals surface area contributed by atoms with E-state index < -0.39 is 5.91 Å². The summed E-state index contributed by atoms with van der Waals surface area (Å²) in [5.41, 5.74) is 1.70. The number of imidazole rings is 1. The van der Waals surface area contributed by atoms with Crippen molar-refractivity contribution in [3.63, 3.8) is 0 Å². The molecule has 6 nitrogen and oxygen atoms in total. The molecule has 0 unspecified atom stereocenters. The maximum atomic E-state index is 12.7. The normalized spacial score (nSPS) is 10.6. The van der Waals surface area contributed by atoms with Gasteiger partial charge in [-0.1, -0.05) is 35.3 Å². The van der Waals surface area contributed by atoms with Gasteiger partial charge in [0, 0.05) is 34.9 Å². The van der Waals surface area contributed by atoms with Crippen molar-refractivity contribution in [3.05, 3.63) is 88.9 Å². The number of anilines is 1. The number of benzene rings is 2. The van der Waals surface area contributed by atoms with Gasteiger partial charge in [0.2, 0.25) is 5.95 Å². The number of halogens is 2. The Labute approximate surface area is 170 Å². The van der Waals surface area contributed by atoms with Crippen LogP contribution in [0, 0.1) is 0 Å². The highest BCUT2D eigenvalue weighted by atomic mass is 35.5. The second-order valence-corrected chi connectivity index (χ2v) is 6.65. The minimum absolute atomic E-state index is 0.202. The zero-order valence-electron chi connectivity index (χ0n) is 14.4. The van der Waals surface area contributed by atoms with E-state index in [0.29, 0.717) is 21.4 Å². The van der Waals surface area contributed by atoms with E-state index in [-0.39, 0.29) is 11.6 Å². The van der Waals surface area contributed by atoms with Crippen molar-refractivity contribution in [2.24, 2.45) is 0 Å². The standard InChI is InChI=1S/C20H13Cl2N5O/c21-13-6-8-14(9-7-13)27-12-17(19(28)26-20-23-10-3-11-24-20)25-18(27)15-4-1-2-5-16(15)22/h1-12H,(H,23,24,26,28). The van der Waals surface area contributed by atoms with Crippen molar-refractivity contribution in [3.8, 4) is 17.1 Å². The Bertz CT molecular complexity index is 1130. The number of carbonyl (C=O) groups excluding carboxylic acids is 1. The lowest BCUT2D eigenvalue weighted by Gasteiger charge is -2.09. The molecule has 0 fully saturated rings. The van der Waals surface area contributed by atoms with E-state index in [2.05, 4.69) is 20.3 Å². The lowest BCUT2D eigenvalue weighted by molar-refractivity contribution is 0.102. The lowest BCUT2D eigenvalue weighted by atomic mass is 10.2. The third-order valence-corrected chi connectivity index (χ3v) is 4.53. The summed E-state index contributed by atoms with van der Waals surface area (Å²) < 4.78 is 1.79. The molecule has 0 radical (unpaired) electrons. The molecule has 2 aromatic heterocycles. The zero-order valence-corrected chi connectivity index (χ0v) is 15.9. The molecular formula is C20H13Cl2N5O. The third-order valence-electron chi connectivity index (χ3n) is 3.95. The van der Waals surface area contributed by atoms with Crippen molar-refractivity contribution in [2.45, 2.75) is 0 Å². The average Bonchev–Trinajstić information content (AvgIpc) is 3.15. The van der Waals surface area contributed by atoms with Gasteiger partial charge in [0.1, 0.15) is 11.5 Å². The molecule has 0 aliphatic rings. The summed E-state index contributed by atoms with van der Waals surface area (Å²) in [6, 6.07) is 16.2. The quantitative estimate of drug-likeness (QED) is 0.520. The second kappa shape index (κ2) is 7.80. The van der Waals surface area contributed by atoms with E-state index in [1.54, 1.807) is 47.4 Å². The topological polar surface area (TPSA) is 72.7 Å². The van der Waals surface area contributed by atoms with E-state index in [1.165, 1.54) is 0 Å². The van der Waals surface area contributed by atoms with Crippen LogP contribution < -0.4 is 5.32 Å². The fourth-order valence-electron chi connectivity index (χ4n) is 2.65. The van der Waals surface area contributed by atoms with Crippen LogP contribution in [0.15, 0.2) is 73.2 Å². The molecule has 0 aliphatic heterocycles. The molecule has 0 aliphatic carbocycles. The summed E-state index contributed by atoms with van der Waals surface area (Å²) in [4.78, 5) is 25.2. The van der Waals surface area contributed by atoms with E-state index in [9.17, 15) is 4.79 Å². The Hall–Kier alpha value is -3.22. The summed E-state index contributed by atoms with van der Waals surface area (Å²) in [5, 5.41) is 3.78. The fourth-order valence-corrected chi connectivity index (χ4v) is 3.00. The number of nitrogens with one attached hydrogen (secondary N) is 1. The number of rotatable bonds is 4. The Kier molecular flexibility index (Phi) is 5.06. The summed E-state index contributed by atoms with van der Waals surface area (Å²) in [5.74, 6) is 0.312. The monoisotopic (exact) mass is 409 g/mol. The van der Waals surface area contributed by atoms with Crippen LogP contribution in [-0.4, -0.2) is 25.4 Å². The minimum Gasteiger partial charge on any atom is -0.299 e. The molecule has 0 saturated heterocycles. The lowest BCUT2D eigenvalue weighted by Crippen LogP contribution is -2.14. The van der Waals surface area contributed by atoms with Crippen LogP contribution in [0.25, 0.3) is 17.1 Å². The highest BCUT2D eigenvalue weighted by Gasteiger charge is 2.19. The first kappa shape index (κ1) is 18.2. The first-order valence-electron chi connectivity index (χ1n) is 8.30. The molecule has 2 aromatic carbocycles. The van der Waals surface area contributed by atoms with Gasteiger partial charge in [-0.3, -0.25) is 14.7 Å². The van der Waals surface area contributed by atoms with Gasteiger partial charge in [-0.25, -0.2) is 15.0 Å². The van der Waals surface area contributed by atoms with Crippen LogP contribution in [0.2, 0.25) is 10.0 Å². The van der Waals surface area contributed by atoms with Crippen LogP contribution in [-0.2, 0) is 0 Å². The smallest absolute Gasteiger partial charge is 0.278 e. The van der Waals surface area contributed by atoms with E-state index in [1.807, 2.05) is 30.3 Å². The molecular weight excluding hydrogens is 397 g/mol. The SMILES string of the molecule is O=C(Nc1ncccn1)c1cn(-c2ccc(Cl)cc2)c(-c2ccccc2Cl)n1. The van der Waals surface area contributed by atoms with E-state index in [0.717, 1.165) is 5.69 Å². The molecule has 1 N–H and O–H groups in total. The van der Waals surface area contributed by atoms with Gasteiger partial charge in [0.05, 0.1) is 5.02 Å². The molecule has 2 heterocycles. The van der Waals surface area contributed by atoms with Gasteiger partial charge in [-0.15, -0.1) is 0 Å². The molecule has 28 heavy (non-hydrogen) atoms. The van der Waals surface area contributed by atoms with Crippen molar-refractivity contribution < 1.29 is 4.79 Å². The number of aromatic nitrogens is 4. The van der Waals surface area contributed by atoms with Gasteiger partial charge in [-0.05, 0) is 42.5 Å².